The average molecular weight is 497 g/mol. The lowest BCUT2D eigenvalue weighted by atomic mass is 9.87. The van der Waals surface area contributed by atoms with Crippen LogP contribution in [0.5, 0.6) is 5.75 Å². The van der Waals surface area contributed by atoms with E-state index in [-0.39, 0.29) is 24.1 Å². The first-order valence-corrected chi connectivity index (χ1v) is 13.0. The molecule has 6 heteroatoms. The van der Waals surface area contributed by atoms with Crippen molar-refractivity contribution in [2.24, 2.45) is 5.92 Å². The molecule has 0 atom stereocenters. The van der Waals surface area contributed by atoms with Gasteiger partial charge >= 0.3 is 0 Å². The quantitative estimate of drug-likeness (QED) is 0.468. The predicted molar refractivity (Wildman–Crippen MR) is 142 cm³/mol. The number of rotatable bonds is 8. The van der Waals surface area contributed by atoms with Crippen LogP contribution in [0.15, 0.2) is 36.4 Å². The van der Waals surface area contributed by atoms with Gasteiger partial charge in [0.25, 0.3) is 0 Å². The maximum absolute atomic E-state index is 13.1. The van der Waals surface area contributed by atoms with Gasteiger partial charge in [0.15, 0.2) is 5.78 Å². The molecule has 188 valence electrons. The number of ether oxygens (including phenoxy) is 1. The number of amides is 1. The molecule has 2 aromatic rings. The van der Waals surface area contributed by atoms with Crippen molar-refractivity contribution in [2.75, 3.05) is 38.2 Å². The van der Waals surface area contributed by atoms with Crippen LogP contribution < -0.4 is 9.64 Å². The summed E-state index contributed by atoms with van der Waals surface area (Å²) < 4.78 is 5.48. The van der Waals surface area contributed by atoms with Crippen LogP contribution >= 0.6 is 12.4 Å². The smallest absolute Gasteiger partial charge is 0.227 e. The van der Waals surface area contributed by atoms with Crippen molar-refractivity contribution in [1.29, 1.82) is 0 Å². The number of carbonyl (C=O) groups excluding carboxylic acids is 2. The maximum atomic E-state index is 13.1. The second kappa shape index (κ2) is 11.6. The van der Waals surface area contributed by atoms with Crippen LogP contribution in [-0.4, -0.2) is 49.9 Å². The minimum absolute atomic E-state index is 0. The van der Waals surface area contributed by atoms with Crippen molar-refractivity contribution in [2.45, 2.75) is 57.8 Å². The highest BCUT2D eigenvalue weighted by Gasteiger charge is 2.30. The van der Waals surface area contributed by atoms with Crippen LogP contribution in [0.25, 0.3) is 0 Å². The summed E-state index contributed by atoms with van der Waals surface area (Å²) in [6.45, 7) is 4.11. The molecule has 1 saturated heterocycles. The number of ketones is 1. The van der Waals surface area contributed by atoms with Crippen LogP contribution in [0.2, 0.25) is 0 Å². The van der Waals surface area contributed by atoms with Gasteiger partial charge < -0.3 is 14.5 Å². The number of halogens is 1. The SMILES string of the molecule is COc1ccccc1CCN1CCC(CCC(=O)c2cc3c4c(c2)CCC(=O)N4CCC3)CC1.Cl. The number of hydrogen-bond acceptors (Lipinski definition) is 4. The van der Waals surface area contributed by atoms with Crippen molar-refractivity contribution < 1.29 is 14.3 Å². The van der Waals surface area contributed by atoms with Gasteiger partial charge in [-0.05, 0) is 98.8 Å². The number of aryl methyl sites for hydroxylation is 2. The van der Waals surface area contributed by atoms with Gasteiger partial charge in [0.2, 0.25) is 5.91 Å². The van der Waals surface area contributed by atoms with Gasteiger partial charge in [0.05, 0.1) is 12.8 Å². The second-order valence-corrected chi connectivity index (χ2v) is 10.1. The number of anilines is 1. The van der Waals surface area contributed by atoms with Gasteiger partial charge in [-0.2, -0.15) is 0 Å². The summed E-state index contributed by atoms with van der Waals surface area (Å²) in [5.74, 6) is 2.12. The number of benzene rings is 2. The number of Topliss-reactive ketones (excluding diaryl/α,β-unsaturated/α-hetero) is 1. The van der Waals surface area contributed by atoms with E-state index in [9.17, 15) is 9.59 Å². The van der Waals surface area contributed by atoms with Crippen LogP contribution in [0, 0.1) is 5.92 Å². The summed E-state index contributed by atoms with van der Waals surface area (Å²) in [4.78, 5) is 29.9. The Bertz CT molecular complexity index is 1040. The van der Waals surface area contributed by atoms with Gasteiger partial charge in [0, 0.05) is 31.5 Å². The van der Waals surface area contributed by atoms with Crippen LogP contribution in [0.1, 0.15) is 65.6 Å². The zero-order valence-corrected chi connectivity index (χ0v) is 21.6. The molecule has 3 aliphatic heterocycles. The first-order valence-electron chi connectivity index (χ1n) is 13.0. The minimum atomic E-state index is 0. The third-order valence-electron chi connectivity index (χ3n) is 7.97. The molecule has 0 unspecified atom stereocenters. The lowest BCUT2D eigenvalue weighted by Crippen LogP contribution is -2.39. The van der Waals surface area contributed by atoms with Crippen LogP contribution in [0.3, 0.4) is 0 Å². The van der Waals surface area contributed by atoms with Crippen molar-refractivity contribution in [3.05, 3.63) is 58.7 Å². The number of piperidine rings is 1. The number of hydrogen-bond donors (Lipinski definition) is 0. The predicted octanol–water partition coefficient (Wildman–Crippen LogP) is 5.26. The highest BCUT2D eigenvalue weighted by Crippen LogP contribution is 2.37. The van der Waals surface area contributed by atoms with Crippen molar-refractivity contribution in [3.63, 3.8) is 0 Å². The monoisotopic (exact) mass is 496 g/mol. The molecule has 0 aliphatic carbocycles. The molecule has 2 aromatic carbocycles. The topological polar surface area (TPSA) is 49.9 Å². The first kappa shape index (κ1) is 25.7. The molecule has 3 heterocycles. The van der Waals surface area contributed by atoms with Crippen LogP contribution in [-0.2, 0) is 24.1 Å². The third-order valence-corrected chi connectivity index (χ3v) is 7.97. The lowest BCUT2D eigenvalue weighted by molar-refractivity contribution is -0.119. The van der Waals surface area contributed by atoms with E-state index in [0.717, 1.165) is 75.3 Å². The number of carbonyl (C=O) groups is 2. The van der Waals surface area contributed by atoms with Crippen molar-refractivity contribution >= 4 is 29.8 Å². The number of methoxy groups -OCH3 is 1. The van der Waals surface area contributed by atoms with Crippen molar-refractivity contribution in [3.8, 4) is 5.75 Å². The second-order valence-electron chi connectivity index (χ2n) is 10.1. The van der Waals surface area contributed by atoms with Gasteiger partial charge in [-0.15, -0.1) is 12.4 Å². The zero-order chi connectivity index (χ0) is 23.5. The van der Waals surface area contributed by atoms with Crippen molar-refractivity contribution in [1.82, 2.24) is 4.90 Å². The molecule has 5 nitrogen and oxygen atoms in total. The standard InChI is InChI=1S/C29H36N2O3.ClH/c1-34-27-7-3-2-5-22(27)14-18-30-16-12-21(13-17-30)8-10-26(32)25-19-23-6-4-15-31-28(33)11-9-24(20-25)29(23)31;/h2-3,5,7,19-21H,4,6,8-18H2,1H3;1H. The summed E-state index contributed by atoms with van der Waals surface area (Å²) >= 11 is 0. The van der Waals surface area contributed by atoms with Gasteiger partial charge in [-0.3, -0.25) is 9.59 Å². The van der Waals surface area contributed by atoms with E-state index in [1.165, 1.54) is 29.5 Å². The summed E-state index contributed by atoms with van der Waals surface area (Å²) in [6.07, 6.45) is 8.27. The highest BCUT2D eigenvalue weighted by atomic mass is 35.5. The molecule has 3 aliphatic rings. The molecule has 0 spiro atoms. The highest BCUT2D eigenvalue weighted by molar-refractivity contribution is 6.01. The normalized spacial score (nSPS) is 18.1. The molecular weight excluding hydrogens is 460 g/mol. The lowest BCUT2D eigenvalue weighted by Gasteiger charge is -2.35. The Hall–Kier alpha value is -2.37. The van der Waals surface area contributed by atoms with Crippen LogP contribution in [0.4, 0.5) is 5.69 Å². The summed E-state index contributed by atoms with van der Waals surface area (Å²) in [7, 11) is 1.74. The van der Waals surface area contributed by atoms with Gasteiger partial charge in [0.1, 0.15) is 5.75 Å². The fourth-order valence-corrected chi connectivity index (χ4v) is 5.98. The van der Waals surface area contributed by atoms with E-state index in [1.807, 2.05) is 17.0 Å². The zero-order valence-electron chi connectivity index (χ0n) is 20.8. The molecule has 5 rings (SSSR count). The molecule has 0 aromatic heterocycles. The van der Waals surface area contributed by atoms with E-state index < -0.39 is 0 Å². The molecular formula is C29H37ClN2O3. The maximum Gasteiger partial charge on any atom is 0.227 e. The molecule has 0 bridgehead atoms. The fourth-order valence-electron chi connectivity index (χ4n) is 5.98. The first-order chi connectivity index (χ1) is 16.6. The Morgan fingerprint density at radius 3 is 2.54 bits per heavy atom. The largest absolute Gasteiger partial charge is 0.496 e. The van der Waals surface area contributed by atoms with E-state index in [0.29, 0.717) is 18.8 Å². The Labute approximate surface area is 215 Å². The summed E-state index contributed by atoms with van der Waals surface area (Å²) in [5.41, 5.74) is 5.64. The van der Waals surface area contributed by atoms with E-state index in [4.69, 9.17) is 4.74 Å². The van der Waals surface area contributed by atoms with E-state index >= 15 is 0 Å². The van der Waals surface area contributed by atoms with Gasteiger partial charge in [-0.1, -0.05) is 18.2 Å². The molecule has 0 saturated carbocycles. The summed E-state index contributed by atoms with van der Waals surface area (Å²) in [5, 5.41) is 0. The number of para-hydroxylation sites is 1. The molecule has 0 radical (unpaired) electrons. The Morgan fingerprint density at radius 2 is 1.77 bits per heavy atom. The van der Waals surface area contributed by atoms with E-state index in [2.05, 4.69) is 29.2 Å². The molecule has 0 N–H and O–H groups in total. The van der Waals surface area contributed by atoms with E-state index in [1.54, 1.807) is 7.11 Å². The molecule has 1 amide bonds. The fraction of sp³-hybridized carbons (Fsp3) is 0.517. The molecule has 1 fully saturated rings. The third kappa shape index (κ3) is 5.73. The summed E-state index contributed by atoms with van der Waals surface area (Å²) in [6, 6.07) is 12.4. The Morgan fingerprint density at radius 1 is 1.03 bits per heavy atom. The van der Waals surface area contributed by atoms with Gasteiger partial charge in [-0.25, -0.2) is 0 Å². The number of likely N-dealkylation sites (tertiary alicyclic amines) is 1. The Balaban J connectivity index is 0.00000289. The molecule has 35 heavy (non-hydrogen) atoms. The Kier molecular flexibility index (Phi) is 8.51. The minimum Gasteiger partial charge on any atom is -0.496 e. The number of nitrogens with zero attached hydrogens (tertiary/aromatic N) is 2. The average Bonchev–Trinajstić information content (AvgIpc) is 2.88.